The van der Waals surface area contributed by atoms with Crippen molar-refractivity contribution in [2.45, 2.75) is 90.9 Å². The Labute approximate surface area is 280 Å². The average Bonchev–Trinajstić information content (AvgIpc) is 3.25. The topological polar surface area (TPSA) is 87.1 Å². The van der Waals surface area contributed by atoms with Gasteiger partial charge in [0, 0.05) is 51.8 Å². The minimum absolute atomic E-state index is 0.121. The predicted molar refractivity (Wildman–Crippen MR) is 185 cm³/mol. The first-order valence-corrected chi connectivity index (χ1v) is 17.4. The summed E-state index contributed by atoms with van der Waals surface area (Å²) in [6, 6.07) is 5.34. The second-order valence-corrected chi connectivity index (χ2v) is 13.6. The van der Waals surface area contributed by atoms with E-state index in [2.05, 4.69) is 37.5 Å². The summed E-state index contributed by atoms with van der Waals surface area (Å²) >= 11 is 13.6. The molecule has 0 spiro atoms. The van der Waals surface area contributed by atoms with Crippen molar-refractivity contribution in [3.8, 4) is 11.5 Å². The number of aryl methyl sites for hydroxylation is 2. The van der Waals surface area contributed by atoms with E-state index in [0.29, 0.717) is 22.3 Å². The van der Waals surface area contributed by atoms with Gasteiger partial charge in [-0.2, -0.15) is 0 Å². The van der Waals surface area contributed by atoms with E-state index in [-0.39, 0.29) is 26.7 Å². The highest BCUT2D eigenvalue weighted by Crippen LogP contribution is 2.50. The lowest BCUT2D eigenvalue weighted by Gasteiger charge is -2.35. The van der Waals surface area contributed by atoms with E-state index in [4.69, 9.17) is 27.9 Å². The Balaban J connectivity index is 1.82. The minimum Gasteiger partial charge on any atom is -0.478 e. The van der Waals surface area contributed by atoms with Crippen LogP contribution in [-0.4, -0.2) is 35.2 Å². The van der Waals surface area contributed by atoms with Crippen LogP contribution in [0.4, 0.5) is 5.69 Å². The van der Waals surface area contributed by atoms with E-state index >= 15 is 0 Å². The highest BCUT2D eigenvalue weighted by Gasteiger charge is 2.36. The molecule has 2 N–H and O–H groups in total. The molecule has 6 rings (SSSR count). The highest BCUT2D eigenvalue weighted by molar-refractivity contribution is 6.39. The molecular formula is C38H41Cl2NO5. The number of rotatable bonds is 10. The van der Waals surface area contributed by atoms with Gasteiger partial charge < -0.3 is 19.8 Å². The van der Waals surface area contributed by atoms with Gasteiger partial charge in [-0.25, -0.2) is 9.59 Å². The molecule has 0 atom stereocenters. The lowest BCUT2D eigenvalue weighted by molar-refractivity contribution is 0.0681. The maximum Gasteiger partial charge on any atom is 0.337 e. The van der Waals surface area contributed by atoms with Gasteiger partial charge in [0.25, 0.3) is 0 Å². The van der Waals surface area contributed by atoms with Gasteiger partial charge in [0.05, 0.1) is 21.2 Å². The SMILES string of the molecule is C=c1c(CCCC)cc2c(c1CCCCC)Oc1c(cc3c4c1CCCCN4CCC3)C=2c1c(Cl)c(C(=O)O)cc(Cl)c1C(=O)O. The molecule has 0 unspecified atom stereocenters. The van der Waals surface area contributed by atoms with Crippen LogP contribution in [0.2, 0.25) is 10.0 Å². The number of anilines is 1. The number of benzene rings is 3. The fraction of sp³-hybridized carbons (Fsp3) is 0.421. The van der Waals surface area contributed by atoms with E-state index in [0.717, 1.165) is 124 Å². The number of hydrogen-bond donors (Lipinski definition) is 2. The summed E-state index contributed by atoms with van der Waals surface area (Å²) in [7, 11) is 0. The van der Waals surface area contributed by atoms with Crippen LogP contribution < -0.4 is 20.1 Å². The normalized spacial score (nSPS) is 15.0. The Kier molecular flexibility index (Phi) is 9.40. The molecule has 6 nitrogen and oxygen atoms in total. The second kappa shape index (κ2) is 13.3. The minimum atomic E-state index is -1.28. The summed E-state index contributed by atoms with van der Waals surface area (Å²) in [5.74, 6) is -1.18. The number of carboxylic acid groups (broad SMARTS) is 2. The quantitative estimate of drug-likeness (QED) is 0.166. The van der Waals surface area contributed by atoms with Crippen LogP contribution in [0.1, 0.15) is 119 Å². The first kappa shape index (κ1) is 32.5. The molecule has 3 aliphatic heterocycles. The molecular weight excluding hydrogens is 621 g/mol. The van der Waals surface area contributed by atoms with Crippen LogP contribution in [0.25, 0.3) is 12.2 Å². The lowest BCUT2D eigenvalue weighted by atomic mass is 9.82. The average molecular weight is 663 g/mol. The smallest absolute Gasteiger partial charge is 0.337 e. The molecule has 0 bridgehead atoms. The van der Waals surface area contributed by atoms with Gasteiger partial charge in [-0.3, -0.25) is 0 Å². The summed E-state index contributed by atoms with van der Waals surface area (Å²) in [6.45, 7) is 10.9. The Hall–Kier alpha value is -3.48. The third kappa shape index (κ3) is 5.58. The number of aromatic carboxylic acids is 2. The van der Waals surface area contributed by atoms with Crippen LogP contribution in [0.3, 0.4) is 0 Å². The van der Waals surface area contributed by atoms with Gasteiger partial charge in [0.15, 0.2) is 0 Å². The lowest BCUT2D eigenvalue weighted by Crippen LogP contribution is -2.32. The molecule has 0 saturated carbocycles. The monoisotopic (exact) mass is 661 g/mol. The molecule has 0 aliphatic carbocycles. The highest BCUT2D eigenvalue weighted by atomic mass is 35.5. The largest absolute Gasteiger partial charge is 0.478 e. The molecule has 0 amide bonds. The van der Waals surface area contributed by atoms with Crippen LogP contribution >= 0.6 is 23.2 Å². The Morgan fingerprint density at radius 1 is 0.913 bits per heavy atom. The third-order valence-electron chi connectivity index (χ3n) is 9.79. The first-order valence-electron chi connectivity index (χ1n) is 16.7. The molecule has 0 radical (unpaired) electrons. The van der Waals surface area contributed by atoms with Gasteiger partial charge >= 0.3 is 11.9 Å². The molecule has 3 aromatic rings. The van der Waals surface area contributed by atoms with Crippen molar-refractivity contribution in [3.05, 3.63) is 83.2 Å². The standard InChI is InChI=1S/C38H41Cl2NO5/c1-4-6-8-14-24-21(3)22(12-7-5-2)18-26-30(32-31(38(44)45)29(39)20-28(33(32)40)37(42)43)27-19-23-13-11-17-41-16-10-9-15-25(34(23)41)36(27)46-35(24)26/h18-20H,3-17H2,1-2H3,(H,42,43)(H,44,45). The summed E-state index contributed by atoms with van der Waals surface area (Å²) in [4.78, 5) is 27.9. The molecule has 0 aromatic heterocycles. The molecule has 3 heterocycles. The van der Waals surface area contributed by atoms with Gasteiger partial charge in [-0.1, -0.05) is 62.9 Å². The summed E-state index contributed by atoms with van der Waals surface area (Å²) in [5.41, 5.74) is 6.63. The number of hydrogen-bond acceptors (Lipinski definition) is 4. The maximum atomic E-state index is 12.9. The number of halogens is 2. The molecule has 3 aromatic carbocycles. The number of ether oxygens (including phenoxy) is 1. The van der Waals surface area contributed by atoms with Crippen LogP contribution in [0.15, 0.2) is 18.2 Å². The van der Waals surface area contributed by atoms with Crippen LogP contribution in [-0.2, 0) is 25.7 Å². The Morgan fingerprint density at radius 2 is 1.67 bits per heavy atom. The molecule has 0 fully saturated rings. The van der Waals surface area contributed by atoms with Crippen LogP contribution in [0.5, 0.6) is 11.5 Å². The van der Waals surface area contributed by atoms with Gasteiger partial charge in [0.1, 0.15) is 11.5 Å². The molecule has 0 saturated heterocycles. The number of nitrogens with zero attached hydrogens (tertiary/aromatic N) is 1. The van der Waals surface area contributed by atoms with Gasteiger partial charge in [-0.05, 0) is 92.3 Å². The predicted octanol–water partition coefficient (Wildman–Crippen LogP) is 8.32. The van der Waals surface area contributed by atoms with E-state index in [9.17, 15) is 19.8 Å². The Bertz CT molecular complexity index is 1860. The van der Waals surface area contributed by atoms with Crippen LogP contribution in [0, 0.1) is 0 Å². The molecule has 8 heteroatoms. The fourth-order valence-electron chi connectivity index (χ4n) is 7.56. The zero-order valence-corrected chi connectivity index (χ0v) is 28.2. The third-order valence-corrected chi connectivity index (χ3v) is 10.5. The molecule has 46 heavy (non-hydrogen) atoms. The van der Waals surface area contributed by atoms with E-state index in [1.165, 1.54) is 11.3 Å². The van der Waals surface area contributed by atoms with Gasteiger partial charge in [-0.15, -0.1) is 0 Å². The number of unbranched alkanes of at least 4 members (excludes halogenated alkanes) is 3. The zero-order valence-electron chi connectivity index (χ0n) is 26.7. The van der Waals surface area contributed by atoms with Crippen molar-refractivity contribution in [1.29, 1.82) is 0 Å². The van der Waals surface area contributed by atoms with Crippen molar-refractivity contribution < 1.29 is 24.5 Å². The summed E-state index contributed by atoms with van der Waals surface area (Å²) in [5, 5.41) is 22.1. The number of fused-ring (bicyclic) bond motifs is 3. The van der Waals surface area contributed by atoms with Crippen molar-refractivity contribution in [2.24, 2.45) is 0 Å². The second-order valence-electron chi connectivity index (χ2n) is 12.8. The zero-order chi connectivity index (χ0) is 32.7. The fourth-order valence-corrected chi connectivity index (χ4v) is 8.17. The number of carboxylic acids is 2. The maximum absolute atomic E-state index is 12.9. The van der Waals surface area contributed by atoms with Crippen molar-refractivity contribution >= 4 is 53.0 Å². The van der Waals surface area contributed by atoms with Crippen molar-refractivity contribution in [1.82, 2.24) is 0 Å². The molecule has 3 aliphatic rings. The first-order chi connectivity index (χ1) is 22.2. The van der Waals surface area contributed by atoms with Crippen molar-refractivity contribution in [3.63, 3.8) is 0 Å². The van der Waals surface area contributed by atoms with Gasteiger partial charge in [0.2, 0.25) is 0 Å². The summed E-state index contributed by atoms with van der Waals surface area (Å²) < 4.78 is 7.08. The van der Waals surface area contributed by atoms with Crippen molar-refractivity contribution in [2.75, 3.05) is 18.0 Å². The van der Waals surface area contributed by atoms with E-state index < -0.39 is 11.9 Å². The Morgan fingerprint density at radius 3 is 2.39 bits per heavy atom. The molecule has 242 valence electrons. The summed E-state index contributed by atoms with van der Waals surface area (Å²) in [6.07, 6.45) is 11.5. The van der Waals surface area contributed by atoms with E-state index in [1.807, 2.05) is 0 Å². The number of carbonyl (C=O) groups is 2. The van der Waals surface area contributed by atoms with E-state index in [1.54, 1.807) is 0 Å².